The number of carbonyl (C=O) groups excluding carboxylic acids is 1. The van der Waals surface area contributed by atoms with Crippen molar-refractivity contribution < 1.29 is 13.9 Å². The number of carbonyl (C=O) groups is 1. The van der Waals surface area contributed by atoms with Crippen molar-refractivity contribution in [3.05, 3.63) is 74.3 Å². The summed E-state index contributed by atoms with van der Waals surface area (Å²) in [5, 5.41) is 0. The number of esters is 1. The van der Waals surface area contributed by atoms with Crippen molar-refractivity contribution in [3.63, 3.8) is 0 Å². The maximum absolute atomic E-state index is 13.1. The molecule has 4 rings (SSSR count). The van der Waals surface area contributed by atoms with Crippen LogP contribution in [0.4, 0.5) is 4.39 Å². The molecule has 0 saturated heterocycles. The van der Waals surface area contributed by atoms with Crippen LogP contribution in [0, 0.1) is 5.82 Å². The SMILES string of the molecule is Cn1c(=O)c2c(ncn2CCOC(=O)c2ccc(-c3ccc(F)cc3)s2)n(C)c1=O. The third-order valence-electron chi connectivity index (χ3n) is 4.72. The average Bonchev–Trinajstić information content (AvgIpc) is 3.39. The Morgan fingerprint density at radius 1 is 1.10 bits per heavy atom. The minimum absolute atomic E-state index is 0.0278. The van der Waals surface area contributed by atoms with E-state index in [0.717, 1.165) is 15.0 Å². The van der Waals surface area contributed by atoms with E-state index < -0.39 is 17.2 Å². The number of aromatic nitrogens is 4. The normalized spacial score (nSPS) is 11.2. The summed E-state index contributed by atoms with van der Waals surface area (Å²) in [6.45, 7) is 0.242. The molecule has 3 aromatic heterocycles. The van der Waals surface area contributed by atoms with E-state index in [-0.39, 0.29) is 30.1 Å². The lowest BCUT2D eigenvalue weighted by atomic mass is 10.2. The Morgan fingerprint density at radius 2 is 1.83 bits per heavy atom. The van der Waals surface area contributed by atoms with Crippen molar-refractivity contribution in [2.45, 2.75) is 6.54 Å². The third kappa shape index (κ3) is 3.45. The second-order valence-corrected chi connectivity index (χ2v) is 7.71. The highest BCUT2D eigenvalue weighted by Gasteiger charge is 2.15. The number of thiophene rings is 1. The van der Waals surface area contributed by atoms with Crippen molar-refractivity contribution in [1.29, 1.82) is 0 Å². The molecule has 154 valence electrons. The molecule has 0 fully saturated rings. The number of rotatable bonds is 5. The maximum Gasteiger partial charge on any atom is 0.348 e. The molecule has 4 aromatic rings. The molecule has 3 heterocycles. The van der Waals surface area contributed by atoms with E-state index in [1.54, 1.807) is 28.8 Å². The number of hydrogen-bond donors (Lipinski definition) is 0. The zero-order chi connectivity index (χ0) is 21.4. The smallest absolute Gasteiger partial charge is 0.348 e. The molecular formula is C20H17FN4O4S. The minimum atomic E-state index is -0.488. The van der Waals surface area contributed by atoms with Gasteiger partial charge in [0.05, 0.1) is 12.9 Å². The quantitative estimate of drug-likeness (QED) is 0.455. The first kappa shape index (κ1) is 19.8. The van der Waals surface area contributed by atoms with E-state index in [2.05, 4.69) is 4.98 Å². The molecule has 8 nitrogen and oxygen atoms in total. The highest BCUT2D eigenvalue weighted by Crippen LogP contribution is 2.28. The van der Waals surface area contributed by atoms with E-state index in [4.69, 9.17) is 4.74 Å². The van der Waals surface area contributed by atoms with Crippen molar-refractivity contribution in [3.8, 4) is 10.4 Å². The zero-order valence-corrected chi connectivity index (χ0v) is 17.0. The predicted octanol–water partition coefficient (Wildman–Crippen LogP) is 2.16. The Labute approximate surface area is 173 Å². The summed E-state index contributed by atoms with van der Waals surface area (Å²) in [4.78, 5) is 42.1. The fourth-order valence-corrected chi connectivity index (χ4v) is 4.00. The molecule has 0 unspecified atom stereocenters. The van der Waals surface area contributed by atoms with Crippen molar-refractivity contribution >= 4 is 28.5 Å². The minimum Gasteiger partial charge on any atom is -0.460 e. The molecule has 0 radical (unpaired) electrons. The van der Waals surface area contributed by atoms with Crippen LogP contribution in [-0.4, -0.2) is 31.3 Å². The van der Waals surface area contributed by atoms with Crippen LogP contribution in [-0.2, 0) is 25.4 Å². The van der Waals surface area contributed by atoms with Gasteiger partial charge in [0.2, 0.25) is 0 Å². The number of aryl methyl sites for hydroxylation is 1. The fraction of sp³-hybridized carbons (Fsp3) is 0.200. The van der Waals surface area contributed by atoms with Gasteiger partial charge in [0.1, 0.15) is 17.3 Å². The first-order valence-corrected chi connectivity index (χ1v) is 9.82. The molecule has 30 heavy (non-hydrogen) atoms. The average molecular weight is 428 g/mol. The molecule has 0 spiro atoms. The summed E-state index contributed by atoms with van der Waals surface area (Å²) < 4.78 is 22.3. The molecule has 0 N–H and O–H groups in total. The van der Waals surface area contributed by atoms with E-state index >= 15 is 0 Å². The van der Waals surface area contributed by atoms with E-state index in [0.29, 0.717) is 4.88 Å². The number of hydrogen-bond acceptors (Lipinski definition) is 6. The molecule has 1 aromatic carbocycles. The summed E-state index contributed by atoms with van der Waals surface area (Å²) in [7, 11) is 2.94. The standard InChI is InChI=1S/C20H17FN4O4S/c1-23-17-16(18(26)24(2)20(23)28)25(11-22-17)9-10-29-19(27)15-8-7-14(30-15)12-3-5-13(21)6-4-12/h3-8,11H,9-10H2,1-2H3. The predicted molar refractivity (Wildman–Crippen MR) is 110 cm³/mol. The molecule has 0 aliphatic rings. The van der Waals surface area contributed by atoms with Crippen molar-refractivity contribution in [2.24, 2.45) is 14.1 Å². The highest BCUT2D eigenvalue weighted by molar-refractivity contribution is 7.17. The number of nitrogens with zero attached hydrogens (tertiary/aromatic N) is 4. The first-order valence-electron chi connectivity index (χ1n) is 9.00. The van der Waals surface area contributed by atoms with Gasteiger partial charge in [-0.15, -0.1) is 11.3 Å². The number of ether oxygens (including phenoxy) is 1. The molecule has 0 bridgehead atoms. The van der Waals surface area contributed by atoms with Gasteiger partial charge in [0.25, 0.3) is 5.56 Å². The van der Waals surface area contributed by atoms with Crippen LogP contribution in [0.5, 0.6) is 0 Å². The van der Waals surface area contributed by atoms with Gasteiger partial charge < -0.3 is 9.30 Å². The van der Waals surface area contributed by atoms with Crippen LogP contribution in [0.25, 0.3) is 21.6 Å². The van der Waals surface area contributed by atoms with Gasteiger partial charge in [-0.05, 0) is 29.8 Å². The van der Waals surface area contributed by atoms with Gasteiger partial charge in [-0.1, -0.05) is 12.1 Å². The molecule has 10 heteroatoms. The van der Waals surface area contributed by atoms with Crippen molar-refractivity contribution in [2.75, 3.05) is 6.61 Å². The first-order chi connectivity index (χ1) is 14.4. The molecule has 0 atom stereocenters. The number of halogens is 1. The van der Waals surface area contributed by atoms with Gasteiger partial charge in [-0.25, -0.2) is 19.0 Å². The molecule has 0 aliphatic heterocycles. The number of benzene rings is 1. The highest BCUT2D eigenvalue weighted by atomic mass is 32.1. The Bertz CT molecular complexity index is 1360. The summed E-state index contributed by atoms with van der Waals surface area (Å²) in [6, 6.07) is 9.46. The fourth-order valence-electron chi connectivity index (χ4n) is 3.09. The molecule has 0 saturated carbocycles. The van der Waals surface area contributed by atoms with Gasteiger partial charge in [0, 0.05) is 19.0 Å². The van der Waals surface area contributed by atoms with Crippen LogP contribution in [0.3, 0.4) is 0 Å². The van der Waals surface area contributed by atoms with Crippen LogP contribution in [0.2, 0.25) is 0 Å². The Kier molecular flexibility index (Phi) is 5.08. The second kappa shape index (κ2) is 7.71. The Morgan fingerprint density at radius 3 is 2.57 bits per heavy atom. The summed E-state index contributed by atoms with van der Waals surface area (Å²) in [6.07, 6.45) is 1.44. The summed E-state index contributed by atoms with van der Waals surface area (Å²) >= 11 is 1.25. The summed E-state index contributed by atoms with van der Waals surface area (Å²) in [5.41, 5.74) is 0.437. The van der Waals surface area contributed by atoms with E-state index in [9.17, 15) is 18.8 Å². The van der Waals surface area contributed by atoms with Crippen LogP contribution in [0.1, 0.15) is 9.67 Å². The summed E-state index contributed by atoms with van der Waals surface area (Å²) in [5.74, 6) is -0.810. The zero-order valence-electron chi connectivity index (χ0n) is 16.2. The lowest BCUT2D eigenvalue weighted by molar-refractivity contribution is 0.0498. The van der Waals surface area contributed by atoms with E-state index in [1.807, 2.05) is 0 Å². The van der Waals surface area contributed by atoms with Gasteiger partial charge >= 0.3 is 11.7 Å². The monoisotopic (exact) mass is 428 g/mol. The Balaban J connectivity index is 1.46. The third-order valence-corrected chi connectivity index (χ3v) is 5.83. The topological polar surface area (TPSA) is 88.1 Å². The molecular weight excluding hydrogens is 411 g/mol. The molecule has 0 aliphatic carbocycles. The van der Waals surface area contributed by atoms with Gasteiger partial charge in [-0.3, -0.25) is 13.9 Å². The van der Waals surface area contributed by atoms with Crippen LogP contribution >= 0.6 is 11.3 Å². The van der Waals surface area contributed by atoms with E-state index in [1.165, 1.54) is 48.5 Å². The van der Waals surface area contributed by atoms with Gasteiger partial charge in [-0.2, -0.15) is 0 Å². The lowest BCUT2D eigenvalue weighted by Gasteiger charge is -2.07. The number of fused-ring (bicyclic) bond motifs is 1. The Hall–Kier alpha value is -3.53. The van der Waals surface area contributed by atoms with Crippen LogP contribution in [0.15, 0.2) is 52.3 Å². The second-order valence-electron chi connectivity index (χ2n) is 6.62. The number of imidazole rings is 1. The molecule has 0 amide bonds. The lowest BCUT2D eigenvalue weighted by Crippen LogP contribution is -2.37. The van der Waals surface area contributed by atoms with Crippen molar-refractivity contribution in [1.82, 2.24) is 18.7 Å². The van der Waals surface area contributed by atoms with Gasteiger partial charge in [0.15, 0.2) is 11.2 Å². The maximum atomic E-state index is 13.1. The van der Waals surface area contributed by atoms with Crippen LogP contribution < -0.4 is 11.2 Å². The largest absolute Gasteiger partial charge is 0.460 e.